The standard InChI is InChI=1S/C11H21NO3S/c1-4-5-6-12-10(13)8-16-7-9(2)11(14)15-3/h9H,4-8H2,1-3H3,(H,12,13). The minimum atomic E-state index is -0.223. The van der Waals surface area contributed by atoms with Crippen molar-refractivity contribution < 1.29 is 14.3 Å². The molecule has 0 bridgehead atoms. The molecule has 94 valence electrons. The first kappa shape index (κ1) is 15.3. The van der Waals surface area contributed by atoms with Gasteiger partial charge in [0.1, 0.15) is 0 Å². The van der Waals surface area contributed by atoms with Gasteiger partial charge in [-0.25, -0.2) is 0 Å². The van der Waals surface area contributed by atoms with Gasteiger partial charge in [-0.1, -0.05) is 20.3 Å². The Morgan fingerprint density at radius 1 is 1.44 bits per heavy atom. The summed E-state index contributed by atoms with van der Waals surface area (Å²) in [6.07, 6.45) is 2.09. The van der Waals surface area contributed by atoms with Crippen LogP contribution >= 0.6 is 11.8 Å². The lowest BCUT2D eigenvalue weighted by Gasteiger charge is -2.08. The van der Waals surface area contributed by atoms with Gasteiger partial charge in [0, 0.05) is 12.3 Å². The fraction of sp³-hybridized carbons (Fsp3) is 0.818. The number of carbonyl (C=O) groups is 2. The first-order valence-corrected chi connectivity index (χ1v) is 6.69. The molecule has 0 aromatic rings. The second-order valence-corrected chi connectivity index (χ2v) is 4.67. The number of ether oxygens (including phenoxy) is 1. The predicted octanol–water partition coefficient (Wildman–Crippen LogP) is 1.44. The monoisotopic (exact) mass is 247 g/mol. The third kappa shape index (κ3) is 7.56. The Kier molecular flexibility index (Phi) is 9.09. The molecule has 16 heavy (non-hydrogen) atoms. The summed E-state index contributed by atoms with van der Waals surface area (Å²) in [5, 5.41) is 2.82. The Labute approximate surface area is 101 Å². The van der Waals surface area contributed by atoms with E-state index in [0.29, 0.717) is 11.5 Å². The zero-order valence-electron chi connectivity index (χ0n) is 10.2. The lowest BCUT2D eigenvalue weighted by Crippen LogP contribution is -2.26. The van der Waals surface area contributed by atoms with Gasteiger partial charge in [0.05, 0.1) is 18.8 Å². The van der Waals surface area contributed by atoms with Crippen LogP contribution in [-0.2, 0) is 14.3 Å². The molecule has 0 aliphatic carbocycles. The number of carbonyl (C=O) groups excluding carboxylic acids is 2. The van der Waals surface area contributed by atoms with Crippen LogP contribution in [0.4, 0.5) is 0 Å². The van der Waals surface area contributed by atoms with E-state index in [4.69, 9.17) is 0 Å². The van der Waals surface area contributed by atoms with Crippen molar-refractivity contribution in [3.63, 3.8) is 0 Å². The third-order valence-electron chi connectivity index (χ3n) is 2.06. The van der Waals surface area contributed by atoms with Crippen LogP contribution in [0.25, 0.3) is 0 Å². The molecule has 0 saturated carbocycles. The molecule has 0 radical (unpaired) electrons. The van der Waals surface area contributed by atoms with Crippen molar-refractivity contribution in [1.29, 1.82) is 0 Å². The summed E-state index contributed by atoms with van der Waals surface area (Å²) in [6.45, 7) is 4.62. The van der Waals surface area contributed by atoms with E-state index in [1.807, 2.05) is 0 Å². The van der Waals surface area contributed by atoms with Crippen molar-refractivity contribution in [2.45, 2.75) is 26.7 Å². The van der Waals surface area contributed by atoms with Crippen molar-refractivity contribution in [1.82, 2.24) is 5.32 Å². The number of esters is 1. The van der Waals surface area contributed by atoms with E-state index in [-0.39, 0.29) is 17.8 Å². The first-order valence-electron chi connectivity index (χ1n) is 5.54. The molecule has 0 spiro atoms. The van der Waals surface area contributed by atoms with E-state index >= 15 is 0 Å². The minimum absolute atomic E-state index is 0.0375. The van der Waals surface area contributed by atoms with Gasteiger partial charge in [-0.05, 0) is 6.42 Å². The zero-order valence-corrected chi connectivity index (χ0v) is 11.1. The Balaban J connectivity index is 3.50. The number of unbranched alkanes of at least 4 members (excludes halogenated alkanes) is 1. The van der Waals surface area contributed by atoms with Gasteiger partial charge in [0.2, 0.25) is 5.91 Å². The summed E-state index contributed by atoms with van der Waals surface area (Å²) in [4.78, 5) is 22.4. The molecule has 0 fully saturated rings. The molecule has 0 rings (SSSR count). The Morgan fingerprint density at radius 2 is 2.12 bits per heavy atom. The number of hydrogen-bond acceptors (Lipinski definition) is 4. The summed E-state index contributed by atoms with van der Waals surface area (Å²) >= 11 is 1.46. The van der Waals surface area contributed by atoms with Crippen LogP contribution < -0.4 is 5.32 Å². The predicted molar refractivity (Wildman–Crippen MR) is 66.4 cm³/mol. The average molecular weight is 247 g/mol. The molecule has 0 aliphatic heterocycles. The molecular weight excluding hydrogens is 226 g/mol. The Hall–Kier alpha value is -0.710. The molecule has 1 N–H and O–H groups in total. The van der Waals surface area contributed by atoms with Crippen LogP contribution in [0, 0.1) is 5.92 Å². The molecule has 1 amide bonds. The third-order valence-corrected chi connectivity index (χ3v) is 3.26. The lowest BCUT2D eigenvalue weighted by atomic mass is 10.2. The first-order chi connectivity index (χ1) is 7.61. The highest BCUT2D eigenvalue weighted by atomic mass is 32.2. The molecule has 0 heterocycles. The van der Waals surface area contributed by atoms with Crippen molar-refractivity contribution in [3.8, 4) is 0 Å². The maximum absolute atomic E-state index is 11.3. The van der Waals surface area contributed by atoms with Crippen molar-refractivity contribution in [2.75, 3.05) is 25.2 Å². The summed E-state index contributed by atoms with van der Waals surface area (Å²) in [5.41, 5.74) is 0. The lowest BCUT2D eigenvalue weighted by molar-refractivity contribution is -0.144. The van der Waals surface area contributed by atoms with Crippen molar-refractivity contribution in [3.05, 3.63) is 0 Å². The number of thioether (sulfide) groups is 1. The number of methoxy groups -OCH3 is 1. The SMILES string of the molecule is CCCCNC(=O)CSCC(C)C(=O)OC. The maximum Gasteiger partial charge on any atom is 0.309 e. The Morgan fingerprint density at radius 3 is 2.69 bits per heavy atom. The van der Waals surface area contributed by atoms with Crippen LogP contribution in [0.3, 0.4) is 0 Å². The maximum atomic E-state index is 11.3. The zero-order chi connectivity index (χ0) is 12.4. The molecule has 0 aromatic carbocycles. The van der Waals surface area contributed by atoms with E-state index in [1.54, 1.807) is 6.92 Å². The van der Waals surface area contributed by atoms with Gasteiger partial charge in [0.25, 0.3) is 0 Å². The van der Waals surface area contributed by atoms with Gasteiger partial charge < -0.3 is 10.1 Å². The fourth-order valence-electron chi connectivity index (χ4n) is 1.05. The van der Waals surface area contributed by atoms with Gasteiger partial charge in [-0.3, -0.25) is 9.59 Å². The molecule has 0 saturated heterocycles. The molecular formula is C11H21NO3S. The van der Waals surface area contributed by atoms with E-state index in [9.17, 15) is 9.59 Å². The van der Waals surface area contributed by atoms with Crippen LogP contribution in [-0.4, -0.2) is 37.0 Å². The van der Waals surface area contributed by atoms with Crippen molar-refractivity contribution >= 4 is 23.6 Å². The highest BCUT2D eigenvalue weighted by Gasteiger charge is 2.13. The van der Waals surface area contributed by atoms with E-state index in [0.717, 1.165) is 19.4 Å². The van der Waals surface area contributed by atoms with Gasteiger partial charge in [-0.2, -0.15) is 11.8 Å². The molecule has 1 unspecified atom stereocenters. The van der Waals surface area contributed by atoms with Gasteiger partial charge in [0.15, 0.2) is 0 Å². The Bertz CT molecular complexity index is 221. The van der Waals surface area contributed by atoms with Crippen molar-refractivity contribution in [2.24, 2.45) is 5.92 Å². The topological polar surface area (TPSA) is 55.4 Å². The average Bonchev–Trinajstić information content (AvgIpc) is 2.28. The summed E-state index contributed by atoms with van der Waals surface area (Å²) in [6, 6.07) is 0. The molecule has 1 atom stereocenters. The summed E-state index contributed by atoms with van der Waals surface area (Å²) in [5.74, 6) is 0.687. The van der Waals surface area contributed by atoms with Crippen LogP contribution in [0.5, 0.6) is 0 Å². The van der Waals surface area contributed by atoms with E-state index < -0.39 is 0 Å². The molecule has 5 heteroatoms. The highest BCUT2D eigenvalue weighted by molar-refractivity contribution is 7.99. The quantitative estimate of drug-likeness (QED) is 0.521. The molecule has 0 aromatic heterocycles. The smallest absolute Gasteiger partial charge is 0.309 e. The largest absolute Gasteiger partial charge is 0.469 e. The number of nitrogens with one attached hydrogen (secondary N) is 1. The van der Waals surface area contributed by atoms with Gasteiger partial charge in [-0.15, -0.1) is 0 Å². The second-order valence-electron chi connectivity index (χ2n) is 3.64. The minimum Gasteiger partial charge on any atom is -0.469 e. The van der Waals surface area contributed by atoms with Gasteiger partial charge >= 0.3 is 5.97 Å². The number of rotatable bonds is 8. The molecule has 4 nitrogen and oxygen atoms in total. The second kappa shape index (κ2) is 9.51. The van der Waals surface area contributed by atoms with Crippen LogP contribution in [0.2, 0.25) is 0 Å². The van der Waals surface area contributed by atoms with E-state index in [1.165, 1.54) is 18.9 Å². The summed E-state index contributed by atoms with van der Waals surface area (Å²) in [7, 11) is 1.38. The fourth-order valence-corrected chi connectivity index (χ4v) is 1.95. The van der Waals surface area contributed by atoms with Crippen LogP contribution in [0.1, 0.15) is 26.7 Å². The molecule has 0 aliphatic rings. The normalized spacial score (nSPS) is 11.9. The van der Waals surface area contributed by atoms with E-state index in [2.05, 4.69) is 17.0 Å². The highest BCUT2D eigenvalue weighted by Crippen LogP contribution is 2.09. The summed E-state index contributed by atoms with van der Waals surface area (Å²) < 4.78 is 4.60. The van der Waals surface area contributed by atoms with Crippen LogP contribution in [0.15, 0.2) is 0 Å². The number of hydrogen-bond donors (Lipinski definition) is 1. The number of amides is 1.